The van der Waals surface area contributed by atoms with E-state index < -0.39 is 0 Å². The van der Waals surface area contributed by atoms with Crippen LogP contribution in [0.2, 0.25) is 0 Å². The zero-order valence-electron chi connectivity index (χ0n) is 16.2. The predicted molar refractivity (Wildman–Crippen MR) is 111 cm³/mol. The molecule has 5 heteroatoms. The number of aryl methyl sites for hydroxylation is 1. The largest absolute Gasteiger partial charge is 0.497 e. The van der Waals surface area contributed by atoms with Crippen molar-refractivity contribution >= 4 is 16.6 Å². The van der Waals surface area contributed by atoms with Gasteiger partial charge in [0.1, 0.15) is 11.5 Å². The van der Waals surface area contributed by atoms with Crippen LogP contribution >= 0.6 is 0 Å². The van der Waals surface area contributed by atoms with E-state index in [0.717, 1.165) is 34.0 Å². The molecule has 0 aliphatic heterocycles. The topological polar surface area (TPSA) is 60.4 Å². The van der Waals surface area contributed by atoms with Gasteiger partial charge in [0.05, 0.1) is 25.9 Å². The maximum atomic E-state index is 5.60. The Morgan fingerprint density at radius 1 is 1.00 bits per heavy atom. The van der Waals surface area contributed by atoms with Crippen LogP contribution in [-0.2, 0) is 0 Å². The van der Waals surface area contributed by atoms with Crippen molar-refractivity contribution in [3.63, 3.8) is 0 Å². The molecule has 0 bridgehead atoms. The highest BCUT2D eigenvalue weighted by Crippen LogP contribution is 2.37. The molecular weight excluding hydrogens is 350 g/mol. The van der Waals surface area contributed by atoms with Crippen molar-refractivity contribution in [1.29, 1.82) is 0 Å². The van der Waals surface area contributed by atoms with Gasteiger partial charge in [0.15, 0.2) is 12.4 Å². The van der Waals surface area contributed by atoms with Crippen molar-refractivity contribution in [3.8, 4) is 11.5 Å². The number of ether oxygens (including phenoxy) is 2. The van der Waals surface area contributed by atoms with Gasteiger partial charge < -0.3 is 19.8 Å². The molecule has 0 aliphatic rings. The summed E-state index contributed by atoms with van der Waals surface area (Å²) in [7, 11) is 3.32. The van der Waals surface area contributed by atoms with E-state index in [1.165, 1.54) is 10.9 Å². The molecule has 2 aromatic carbocycles. The normalized spacial score (nSPS) is 12.0. The summed E-state index contributed by atoms with van der Waals surface area (Å²) in [5.41, 5.74) is 5.52. The molecule has 5 nitrogen and oxygen atoms in total. The van der Waals surface area contributed by atoms with Crippen LogP contribution in [0.15, 0.2) is 67.0 Å². The Bertz CT molecular complexity index is 1090. The lowest BCUT2D eigenvalue weighted by molar-refractivity contribution is -0.378. The molecule has 28 heavy (non-hydrogen) atoms. The van der Waals surface area contributed by atoms with E-state index >= 15 is 0 Å². The summed E-state index contributed by atoms with van der Waals surface area (Å²) in [6, 6.07) is 18.3. The Morgan fingerprint density at radius 2 is 1.86 bits per heavy atom. The lowest BCUT2D eigenvalue weighted by Gasteiger charge is -2.22. The van der Waals surface area contributed by atoms with Gasteiger partial charge in [-0.15, -0.1) is 0 Å². The van der Waals surface area contributed by atoms with Crippen molar-refractivity contribution in [2.24, 2.45) is 0 Å². The molecule has 2 aromatic heterocycles. The van der Waals surface area contributed by atoms with E-state index in [2.05, 4.69) is 46.5 Å². The third kappa shape index (κ3) is 3.27. The van der Waals surface area contributed by atoms with E-state index in [-0.39, 0.29) is 6.04 Å². The minimum absolute atomic E-state index is 0.0594. The Hall–Kier alpha value is -3.47. The number of anilines is 1. The van der Waals surface area contributed by atoms with Crippen LogP contribution in [0, 0.1) is 6.92 Å². The van der Waals surface area contributed by atoms with Crippen LogP contribution in [-0.4, -0.2) is 19.2 Å². The molecule has 1 unspecified atom stereocenters. The molecule has 0 saturated carbocycles. The standard InChI is InChI=1S/C23H23N3O2/c1-15-22(18-8-4-5-9-19(18)25-15)23(16-7-6-12-24-14-16)26-20-11-10-17(27-2)13-21(20)28-3/h4-14,23,25-26H,1-3H3/p+1. The number of aromatic amines is 2. The quantitative estimate of drug-likeness (QED) is 0.522. The summed E-state index contributed by atoms with van der Waals surface area (Å²) in [6.45, 7) is 2.11. The molecular formula is C23H24N3O2+. The van der Waals surface area contributed by atoms with Gasteiger partial charge in [0, 0.05) is 39.9 Å². The van der Waals surface area contributed by atoms with Crippen LogP contribution in [0.1, 0.15) is 22.9 Å². The van der Waals surface area contributed by atoms with E-state index in [4.69, 9.17) is 9.47 Å². The monoisotopic (exact) mass is 374 g/mol. The minimum Gasteiger partial charge on any atom is -0.497 e. The molecule has 3 N–H and O–H groups in total. The molecule has 0 saturated heterocycles. The van der Waals surface area contributed by atoms with Crippen molar-refractivity contribution in [1.82, 2.24) is 4.98 Å². The number of fused-ring (bicyclic) bond motifs is 1. The third-order valence-corrected chi connectivity index (χ3v) is 5.01. The number of hydrogen-bond donors (Lipinski definition) is 2. The van der Waals surface area contributed by atoms with E-state index in [1.807, 2.05) is 42.7 Å². The number of para-hydroxylation sites is 1. The number of pyridine rings is 1. The average Bonchev–Trinajstić information content (AvgIpc) is 3.08. The molecule has 0 spiro atoms. The first-order valence-corrected chi connectivity index (χ1v) is 9.23. The molecule has 2 heterocycles. The number of H-pyrrole nitrogens is 2. The fraction of sp³-hybridized carbons (Fsp3) is 0.174. The fourth-order valence-corrected chi connectivity index (χ4v) is 3.65. The lowest BCUT2D eigenvalue weighted by atomic mass is 9.96. The lowest BCUT2D eigenvalue weighted by Crippen LogP contribution is -2.16. The third-order valence-electron chi connectivity index (χ3n) is 5.01. The number of methoxy groups -OCH3 is 2. The van der Waals surface area contributed by atoms with Gasteiger partial charge in [-0.2, -0.15) is 0 Å². The molecule has 0 aliphatic carbocycles. The molecule has 1 atom stereocenters. The van der Waals surface area contributed by atoms with Gasteiger partial charge >= 0.3 is 0 Å². The Morgan fingerprint density at radius 3 is 2.61 bits per heavy atom. The van der Waals surface area contributed by atoms with Gasteiger partial charge in [-0.3, -0.25) is 0 Å². The van der Waals surface area contributed by atoms with Crippen molar-refractivity contribution in [3.05, 3.63) is 83.8 Å². The Kier molecular flexibility index (Phi) is 4.89. The summed E-state index contributed by atoms with van der Waals surface area (Å²) in [4.78, 5) is 6.71. The first-order chi connectivity index (χ1) is 13.7. The van der Waals surface area contributed by atoms with Crippen LogP contribution in [0.3, 0.4) is 0 Å². The average molecular weight is 374 g/mol. The SMILES string of the molecule is COc1ccc(NC(c2ccc[nH+]c2)c2c(C)[nH]c3ccccc23)c(OC)c1. The van der Waals surface area contributed by atoms with Crippen LogP contribution < -0.4 is 19.8 Å². The van der Waals surface area contributed by atoms with Crippen molar-refractivity contribution in [2.45, 2.75) is 13.0 Å². The number of benzene rings is 2. The predicted octanol–water partition coefficient (Wildman–Crippen LogP) is 4.51. The summed E-state index contributed by atoms with van der Waals surface area (Å²) in [5, 5.41) is 4.88. The van der Waals surface area contributed by atoms with E-state index in [9.17, 15) is 0 Å². The maximum Gasteiger partial charge on any atom is 0.172 e. The highest BCUT2D eigenvalue weighted by atomic mass is 16.5. The molecule has 4 aromatic rings. The summed E-state index contributed by atoms with van der Waals surface area (Å²) < 4.78 is 10.9. The highest BCUT2D eigenvalue weighted by molar-refractivity contribution is 5.86. The molecule has 4 rings (SSSR count). The smallest absolute Gasteiger partial charge is 0.172 e. The number of hydrogen-bond acceptors (Lipinski definition) is 3. The number of rotatable bonds is 6. The van der Waals surface area contributed by atoms with Gasteiger partial charge in [0.2, 0.25) is 0 Å². The van der Waals surface area contributed by atoms with Gasteiger partial charge in [-0.1, -0.05) is 18.2 Å². The molecule has 142 valence electrons. The second-order valence-corrected chi connectivity index (χ2v) is 6.69. The van der Waals surface area contributed by atoms with Gasteiger partial charge in [-0.05, 0) is 31.2 Å². The van der Waals surface area contributed by atoms with Crippen LogP contribution in [0.25, 0.3) is 10.9 Å². The van der Waals surface area contributed by atoms with E-state index in [0.29, 0.717) is 0 Å². The van der Waals surface area contributed by atoms with Crippen LogP contribution in [0.5, 0.6) is 11.5 Å². The van der Waals surface area contributed by atoms with Crippen molar-refractivity contribution < 1.29 is 14.5 Å². The molecule has 0 radical (unpaired) electrons. The van der Waals surface area contributed by atoms with Crippen molar-refractivity contribution in [2.75, 3.05) is 19.5 Å². The maximum absolute atomic E-state index is 5.60. The number of nitrogens with one attached hydrogen (secondary N) is 3. The second-order valence-electron chi connectivity index (χ2n) is 6.69. The first kappa shape index (κ1) is 17.9. The number of aromatic nitrogens is 2. The summed E-state index contributed by atoms with van der Waals surface area (Å²) in [5.74, 6) is 1.50. The minimum atomic E-state index is -0.0594. The van der Waals surface area contributed by atoms with Gasteiger partial charge in [0.25, 0.3) is 0 Å². The first-order valence-electron chi connectivity index (χ1n) is 9.23. The zero-order valence-corrected chi connectivity index (χ0v) is 16.2. The molecule has 0 fully saturated rings. The summed E-state index contributed by atoms with van der Waals surface area (Å²) in [6.07, 6.45) is 3.94. The second kappa shape index (κ2) is 7.64. The summed E-state index contributed by atoms with van der Waals surface area (Å²) >= 11 is 0. The molecule has 0 amide bonds. The highest BCUT2D eigenvalue weighted by Gasteiger charge is 2.23. The van der Waals surface area contributed by atoms with Crippen LogP contribution in [0.4, 0.5) is 5.69 Å². The van der Waals surface area contributed by atoms with E-state index in [1.54, 1.807) is 14.2 Å². The Labute approximate surface area is 164 Å². The fourth-order valence-electron chi connectivity index (χ4n) is 3.65. The van der Waals surface area contributed by atoms with Gasteiger partial charge in [-0.25, -0.2) is 4.98 Å². The Balaban J connectivity index is 1.85. The zero-order chi connectivity index (χ0) is 19.5.